The molecule has 0 aliphatic heterocycles. The van der Waals surface area contributed by atoms with Gasteiger partial charge >= 0.3 is 0 Å². The van der Waals surface area contributed by atoms with Gasteiger partial charge in [0.25, 0.3) is 0 Å². The fraction of sp³-hybridized carbons (Fsp3) is 0.133. The number of carbonyl (C=O) groups excluding carboxylic acids is 1. The minimum Gasteiger partial charge on any atom is -0.293 e. The summed E-state index contributed by atoms with van der Waals surface area (Å²) in [6.07, 6.45) is 2.00. The highest BCUT2D eigenvalue weighted by atomic mass is 79.9. The minimum atomic E-state index is -0.408. The van der Waals surface area contributed by atoms with Gasteiger partial charge in [-0.2, -0.15) is 0 Å². The molecule has 1 atom stereocenters. The number of thioether (sulfide) groups is 1. The highest BCUT2D eigenvalue weighted by Crippen LogP contribution is 2.28. The van der Waals surface area contributed by atoms with Gasteiger partial charge in [0.15, 0.2) is 5.78 Å². The van der Waals surface area contributed by atoms with Crippen molar-refractivity contribution in [2.24, 2.45) is 0 Å². The van der Waals surface area contributed by atoms with Crippen LogP contribution in [0.2, 0.25) is 0 Å². The number of rotatable bonds is 4. The van der Waals surface area contributed by atoms with Crippen LogP contribution in [-0.2, 0) is 0 Å². The largest absolute Gasteiger partial charge is 0.293 e. The van der Waals surface area contributed by atoms with E-state index in [4.69, 9.17) is 0 Å². The molecule has 0 N–H and O–H groups in total. The summed E-state index contributed by atoms with van der Waals surface area (Å²) in [6, 6.07) is 13.4. The summed E-state index contributed by atoms with van der Waals surface area (Å²) < 4.78 is 12.8. The lowest BCUT2D eigenvalue weighted by atomic mass is 10.0. The molecule has 0 heterocycles. The molecule has 2 aromatic rings. The Morgan fingerprint density at radius 2 is 1.68 bits per heavy atom. The normalized spacial score (nSPS) is 12.2. The Kier molecular flexibility index (Phi) is 4.77. The number of hydrogen-bond donors (Lipinski definition) is 0. The molecule has 19 heavy (non-hydrogen) atoms. The first-order valence-electron chi connectivity index (χ1n) is 5.69. The Labute approximate surface area is 124 Å². The quantitative estimate of drug-likeness (QED) is 0.449. The number of alkyl halides is 1. The second-order valence-electron chi connectivity index (χ2n) is 4.01. The molecular weight excluding hydrogens is 327 g/mol. The molecule has 0 saturated heterocycles. The summed E-state index contributed by atoms with van der Waals surface area (Å²) >= 11 is 5.06. The van der Waals surface area contributed by atoms with Crippen LogP contribution in [0.15, 0.2) is 53.4 Å². The van der Waals surface area contributed by atoms with Crippen LogP contribution in [0.4, 0.5) is 4.39 Å². The predicted molar refractivity (Wildman–Crippen MR) is 80.6 cm³/mol. The van der Waals surface area contributed by atoms with Crippen molar-refractivity contribution < 1.29 is 9.18 Å². The van der Waals surface area contributed by atoms with Crippen LogP contribution in [0.3, 0.4) is 0 Å². The Balaban J connectivity index is 2.20. The number of Topliss-reactive ketones (excluding diaryl/α,β-unsaturated/α-hetero) is 1. The SMILES string of the molecule is CSc1ccc([C@H](Br)C(=O)c2ccc(F)cc2)cc1. The van der Waals surface area contributed by atoms with Gasteiger partial charge in [-0.25, -0.2) is 4.39 Å². The van der Waals surface area contributed by atoms with Crippen molar-refractivity contribution in [2.45, 2.75) is 9.72 Å². The van der Waals surface area contributed by atoms with Crippen molar-refractivity contribution in [3.05, 3.63) is 65.5 Å². The highest BCUT2D eigenvalue weighted by Gasteiger charge is 2.18. The third-order valence-corrected chi connectivity index (χ3v) is 4.46. The van der Waals surface area contributed by atoms with Gasteiger partial charge in [0, 0.05) is 10.5 Å². The van der Waals surface area contributed by atoms with Gasteiger partial charge in [0.1, 0.15) is 10.6 Å². The van der Waals surface area contributed by atoms with Gasteiger partial charge in [-0.3, -0.25) is 4.79 Å². The molecule has 0 radical (unpaired) electrons. The molecule has 0 bridgehead atoms. The van der Waals surface area contributed by atoms with Gasteiger partial charge in [-0.15, -0.1) is 11.8 Å². The first kappa shape index (κ1) is 14.3. The van der Waals surface area contributed by atoms with E-state index in [-0.39, 0.29) is 11.6 Å². The molecule has 0 fully saturated rings. The number of halogens is 2. The van der Waals surface area contributed by atoms with Crippen LogP contribution >= 0.6 is 27.7 Å². The number of ketones is 1. The van der Waals surface area contributed by atoms with E-state index in [1.165, 1.54) is 24.3 Å². The van der Waals surface area contributed by atoms with Crippen LogP contribution in [0, 0.1) is 5.82 Å². The monoisotopic (exact) mass is 338 g/mol. The summed E-state index contributed by atoms with van der Waals surface area (Å²) in [5.74, 6) is -0.413. The topological polar surface area (TPSA) is 17.1 Å². The van der Waals surface area contributed by atoms with Crippen molar-refractivity contribution in [3.63, 3.8) is 0 Å². The molecule has 0 saturated carbocycles. The summed E-state index contributed by atoms with van der Waals surface area (Å²) in [7, 11) is 0. The van der Waals surface area contributed by atoms with Crippen LogP contribution in [0.25, 0.3) is 0 Å². The van der Waals surface area contributed by atoms with Crippen molar-refractivity contribution in [1.29, 1.82) is 0 Å². The Morgan fingerprint density at radius 3 is 2.21 bits per heavy atom. The van der Waals surface area contributed by atoms with Crippen LogP contribution in [-0.4, -0.2) is 12.0 Å². The summed E-state index contributed by atoms with van der Waals surface area (Å²) in [4.78, 5) is 13.0. The van der Waals surface area contributed by atoms with Crippen molar-refractivity contribution >= 4 is 33.5 Å². The molecule has 4 heteroatoms. The zero-order valence-corrected chi connectivity index (χ0v) is 12.7. The Hall–Kier alpha value is -1.13. The Morgan fingerprint density at radius 1 is 1.11 bits per heavy atom. The van der Waals surface area contributed by atoms with Gasteiger partial charge in [-0.1, -0.05) is 28.1 Å². The molecule has 0 aliphatic carbocycles. The van der Waals surface area contributed by atoms with E-state index >= 15 is 0 Å². The van der Waals surface area contributed by atoms with E-state index in [0.717, 1.165) is 10.5 Å². The van der Waals surface area contributed by atoms with E-state index in [0.29, 0.717) is 5.56 Å². The molecule has 0 unspecified atom stereocenters. The average molecular weight is 339 g/mol. The predicted octanol–water partition coefficient (Wildman–Crippen LogP) is 4.87. The molecule has 0 amide bonds. The maximum atomic E-state index is 12.8. The first-order chi connectivity index (χ1) is 9.11. The summed E-state index contributed by atoms with van der Waals surface area (Å²) in [5, 5.41) is 0. The van der Waals surface area contributed by atoms with Crippen LogP contribution in [0.5, 0.6) is 0 Å². The lowest BCUT2D eigenvalue weighted by molar-refractivity contribution is 0.0991. The number of carbonyl (C=O) groups is 1. The van der Waals surface area contributed by atoms with Gasteiger partial charge < -0.3 is 0 Å². The smallest absolute Gasteiger partial charge is 0.180 e. The number of benzene rings is 2. The second-order valence-corrected chi connectivity index (χ2v) is 5.80. The zero-order valence-electron chi connectivity index (χ0n) is 10.3. The fourth-order valence-electron chi connectivity index (χ4n) is 1.68. The average Bonchev–Trinajstić information content (AvgIpc) is 2.46. The van der Waals surface area contributed by atoms with E-state index in [9.17, 15) is 9.18 Å². The maximum Gasteiger partial charge on any atom is 0.180 e. The van der Waals surface area contributed by atoms with E-state index in [1.807, 2.05) is 30.5 Å². The molecule has 1 nitrogen and oxygen atoms in total. The minimum absolute atomic E-state index is 0.0723. The van der Waals surface area contributed by atoms with Crippen molar-refractivity contribution in [2.75, 3.05) is 6.26 Å². The third-order valence-electron chi connectivity index (χ3n) is 2.77. The molecule has 0 aliphatic rings. The first-order valence-corrected chi connectivity index (χ1v) is 7.83. The van der Waals surface area contributed by atoms with Crippen molar-refractivity contribution in [1.82, 2.24) is 0 Å². The third kappa shape index (κ3) is 3.45. The molecule has 2 aromatic carbocycles. The summed E-state index contributed by atoms with van der Waals surface area (Å²) in [6.45, 7) is 0. The number of hydrogen-bond acceptors (Lipinski definition) is 2. The standard InChI is InChI=1S/C15H12BrFOS/c1-19-13-8-4-10(5-9-13)14(16)15(18)11-2-6-12(17)7-3-11/h2-9,14H,1H3/t14-/m0/s1. The lowest BCUT2D eigenvalue weighted by Gasteiger charge is -2.10. The maximum absolute atomic E-state index is 12.8. The fourth-order valence-corrected chi connectivity index (χ4v) is 2.66. The molecule has 2 rings (SSSR count). The van der Waals surface area contributed by atoms with E-state index in [1.54, 1.807) is 11.8 Å². The van der Waals surface area contributed by atoms with Crippen LogP contribution < -0.4 is 0 Å². The Bertz CT molecular complexity index is 566. The lowest BCUT2D eigenvalue weighted by Crippen LogP contribution is -2.07. The van der Waals surface area contributed by atoms with Gasteiger partial charge in [0.2, 0.25) is 0 Å². The van der Waals surface area contributed by atoms with E-state index < -0.39 is 4.83 Å². The van der Waals surface area contributed by atoms with Crippen molar-refractivity contribution in [3.8, 4) is 0 Å². The van der Waals surface area contributed by atoms with Gasteiger partial charge in [0.05, 0.1) is 0 Å². The molecule has 98 valence electrons. The molecule has 0 spiro atoms. The summed E-state index contributed by atoms with van der Waals surface area (Å²) in [5.41, 5.74) is 1.39. The highest BCUT2D eigenvalue weighted by molar-refractivity contribution is 9.09. The van der Waals surface area contributed by atoms with E-state index in [2.05, 4.69) is 15.9 Å². The second kappa shape index (κ2) is 6.35. The van der Waals surface area contributed by atoms with Gasteiger partial charge in [-0.05, 0) is 48.2 Å². The molecular formula is C15H12BrFOS. The zero-order chi connectivity index (χ0) is 13.8. The molecule has 0 aromatic heterocycles. The van der Waals surface area contributed by atoms with Crippen LogP contribution in [0.1, 0.15) is 20.7 Å².